The van der Waals surface area contributed by atoms with Crippen molar-refractivity contribution in [2.45, 2.75) is 6.61 Å². The maximum absolute atomic E-state index is 9.69. The van der Waals surface area contributed by atoms with E-state index in [0.29, 0.717) is 12.2 Å². The predicted octanol–water partition coefficient (Wildman–Crippen LogP) is 5.45. The number of rotatable bonds is 4. The van der Waals surface area contributed by atoms with Crippen LogP contribution in [0.5, 0.6) is 11.5 Å². The summed E-state index contributed by atoms with van der Waals surface area (Å²) < 4.78 is 11.2. The largest absolute Gasteiger partial charge is 0.497 e. The fourth-order valence-corrected chi connectivity index (χ4v) is 3.32. The summed E-state index contributed by atoms with van der Waals surface area (Å²) in [6.07, 6.45) is 0. The second kappa shape index (κ2) is 6.78. The van der Waals surface area contributed by atoms with Crippen molar-refractivity contribution < 1.29 is 9.47 Å². The zero-order chi connectivity index (χ0) is 17.9. The van der Waals surface area contributed by atoms with Gasteiger partial charge < -0.3 is 9.47 Å². The first kappa shape index (κ1) is 16.0. The SMILES string of the molecule is COc1ccc(OCc2c3ccccc3c(C#N)c3ccccc23)cc1. The molecular weight excluding hydrogens is 322 g/mol. The maximum Gasteiger partial charge on any atom is 0.120 e. The molecule has 0 unspecified atom stereocenters. The molecule has 0 saturated heterocycles. The lowest BCUT2D eigenvalue weighted by atomic mass is 9.92. The monoisotopic (exact) mass is 339 g/mol. The van der Waals surface area contributed by atoms with Crippen LogP contribution in [-0.2, 0) is 6.61 Å². The predicted molar refractivity (Wildman–Crippen MR) is 103 cm³/mol. The highest BCUT2D eigenvalue weighted by Crippen LogP contribution is 2.33. The Balaban J connectivity index is 1.83. The van der Waals surface area contributed by atoms with E-state index in [-0.39, 0.29) is 0 Å². The lowest BCUT2D eigenvalue weighted by Crippen LogP contribution is -1.99. The normalized spacial score (nSPS) is 10.6. The molecule has 0 amide bonds. The summed E-state index contributed by atoms with van der Waals surface area (Å²) in [5.74, 6) is 1.58. The molecule has 0 bridgehead atoms. The number of fused-ring (bicyclic) bond motifs is 2. The van der Waals surface area contributed by atoms with Crippen LogP contribution in [0.4, 0.5) is 0 Å². The van der Waals surface area contributed by atoms with Gasteiger partial charge in [-0.25, -0.2) is 0 Å². The Morgan fingerprint density at radius 2 is 1.23 bits per heavy atom. The van der Waals surface area contributed by atoms with Crippen LogP contribution in [0.2, 0.25) is 0 Å². The van der Waals surface area contributed by atoms with E-state index < -0.39 is 0 Å². The van der Waals surface area contributed by atoms with E-state index in [2.05, 4.69) is 18.2 Å². The Morgan fingerprint density at radius 1 is 0.731 bits per heavy atom. The molecule has 4 aromatic rings. The highest BCUT2D eigenvalue weighted by Gasteiger charge is 2.13. The first-order valence-electron chi connectivity index (χ1n) is 8.41. The summed E-state index contributed by atoms with van der Waals surface area (Å²) in [6.45, 7) is 0.430. The van der Waals surface area contributed by atoms with Gasteiger partial charge in [0.1, 0.15) is 24.2 Å². The molecule has 0 aliphatic heterocycles. The van der Waals surface area contributed by atoms with Gasteiger partial charge in [0.2, 0.25) is 0 Å². The van der Waals surface area contributed by atoms with Gasteiger partial charge in [-0.05, 0) is 35.0 Å². The van der Waals surface area contributed by atoms with E-state index in [1.54, 1.807) is 7.11 Å². The van der Waals surface area contributed by atoms with Gasteiger partial charge in [0, 0.05) is 16.3 Å². The molecule has 26 heavy (non-hydrogen) atoms. The van der Waals surface area contributed by atoms with E-state index in [0.717, 1.165) is 38.6 Å². The van der Waals surface area contributed by atoms with Crippen molar-refractivity contribution in [2.24, 2.45) is 0 Å². The Morgan fingerprint density at radius 3 is 1.73 bits per heavy atom. The zero-order valence-electron chi connectivity index (χ0n) is 14.4. The Labute approximate surface area is 152 Å². The number of benzene rings is 4. The number of nitrogens with zero attached hydrogens (tertiary/aromatic N) is 1. The van der Waals surface area contributed by atoms with Crippen molar-refractivity contribution in [1.82, 2.24) is 0 Å². The standard InChI is InChI=1S/C23H17NO2/c1-25-16-10-12-17(13-11-16)26-15-23-20-8-4-2-6-18(20)22(14-24)19-7-3-5-9-21(19)23/h2-13H,15H2,1H3. The van der Waals surface area contributed by atoms with Crippen LogP contribution in [0, 0.1) is 11.3 Å². The minimum Gasteiger partial charge on any atom is -0.497 e. The molecule has 4 aromatic carbocycles. The van der Waals surface area contributed by atoms with E-state index >= 15 is 0 Å². The Bertz CT molecular complexity index is 1070. The van der Waals surface area contributed by atoms with Crippen LogP contribution in [0.25, 0.3) is 21.5 Å². The number of methoxy groups -OCH3 is 1. The summed E-state index contributed by atoms with van der Waals surface area (Å²) in [4.78, 5) is 0. The van der Waals surface area contributed by atoms with Gasteiger partial charge in [-0.2, -0.15) is 5.26 Å². The fourth-order valence-electron chi connectivity index (χ4n) is 3.32. The number of hydrogen-bond donors (Lipinski definition) is 0. The third-order valence-corrected chi connectivity index (χ3v) is 4.60. The zero-order valence-corrected chi connectivity index (χ0v) is 14.4. The third-order valence-electron chi connectivity index (χ3n) is 4.60. The van der Waals surface area contributed by atoms with Gasteiger partial charge >= 0.3 is 0 Å². The van der Waals surface area contributed by atoms with Crippen LogP contribution in [0.15, 0.2) is 72.8 Å². The molecule has 3 heteroatoms. The van der Waals surface area contributed by atoms with E-state index in [4.69, 9.17) is 9.47 Å². The van der Waals surface area contributed by atoms with E-state index in [9.17, 15) is 5.26 Å². The summed E-state index contributed by atoms with van der Waals surface area (Å²) in [5.41, 5.74) is 1.80. The van der Waals surface area contributed by atoms with Crippen LogP contribution in [0.3, 0.4) is 0 Å². The van der Waals surface area contributed by atoms with Crippen molar-refractivity contribution in [3.8, 4) is 17.6 Å². The Kier molecular flexibility index (Phi) is 4.17. The summed E-state index contributed by atoms with van der Waals surface area (Å²) in [7, 11) is 1.64. The highest BCUT2D eigenvalue weighted by molar-refractivity contribution is 6.07. The first-order chi connectivity index (χ1) is 12.8. The molecule has 4 rings (SSSR count). The third kappa shape index (κ3) is 2.72. The highest BCUT2D eigenvalue weighted by atomic mass is 16.5. The molecule has 0 aliphatic rings. The molecule has 0 saturated carbocycles. The van der Waals surface area contributed by atoms with Gasteiger partial charge in [0.25, 0.3) is 0 Å². The minimum absolute atomic E-state index is 0.430. The van der Waals surface area contributed by atoms with Crippen LogP contribution < -0.4 is 9.47 Å². The molecule has 0 fully saturated rings. The molecule has 0 N–H and O–H groups in total. The molecule has 0 aliphatic carbocycles. The topological polar surface area (TPSA) is 42.2 Å². The second-order valence-corrected chi connectivity index (χ2v) is 6.02. The molecule has 0 heterocycles. The lowest BCUT2D eigenvalue weighted by molar-refractivity contribution is 0.308. The molecule has 3 nitrogen and oxygen atoms in total. The van der Waals surface area contributed by atoms with Crippen LogP contribution in [-0.4, -0.2) is 7.11 Å². The molecule has 0 spiro atoms. The molecule has 126 valence electrons. The number of nitriles is 1. The Hall–Kier alpha value is -3.51. The van der Waals surface area contributed by atoms with Crippen molar-refractivity contribution >= 4 is 21.5 Å². The van der Waals surface area contributed by atoms with Crippen molar-refractivity contribution in [1.29, 1.82) is 5.26 Å². The summed E-state index contributed by atoms with van der Waals surface area (Å²) in [5, 5.41) is 13.7. The minimum atomic E-state index is 0.430. The lowest BCUT2D eigenvalue weighted by Gasteiger charge is -2.14. The molecular formula is C23H17NO2. The first-order valence-corrected chi connectivity index (χ1v) is 8.41. The maximum atomic E-state index is 9.69. The van der Waals surface area contributed by atoms with Crippen LogP contribution >= 0.6 is 0 Å². The smallest absolute Gasteiger partial charge is 0.120 e. The molecule has 0 aromatic heterocycles. The molecule has 0 atom stereocenters. The summed E-state index contributed by atoms with van der Waals surface area (Å²) in [6, 6.07) is 25.9. The van der Waals surface area contributed by atoms with Gasteiger partial charge in [0.05, 0.1) is 12.7 Å². The van der Waals surface area contributed by atoms with E-state index in [1.807, 2.05) is 60.7 Å². The fraction of sp³-hybridized carbons (Fsp3) is 0.0870. The van der Waals surface area contributed by atoms with Crippen LogP contribution in [0.1, 0.15) is 11.1 Å². The van der Waals surface area contributed by atoms with Crippen molar-refractivity contribution in [2.75, 3.05) is 7.11 Å². The summed E-state index contributed by atoms with van der Waals surface area (Å²) >= 11 is 0. The van der Waals surface area contributed by atoms with Gasteiger partial charge in [0.15, 0.2) is 0 Å². The molecule has 0 radical (unpaired) electrons. The van der Waals surface area contributed by atoms with Crippen molar-refractivity contribution in [3.63, 3.8) is 0 Å². The van der Waals surface area contributed by atoms with Gasteiger partial charge in [-0.3, -0.25) is 0 Å². The average molecular weight is 339 g/mol. The second-order valence-electron chi connectivity index (χ2n) is 6.02. The number of hydrogen-bond acceptors (Lipinski definition) is 3. The quantitative estimate of drug-likeness (QED) is 0.464. The van der Waals surface area contributed by atoms with Gasteiger partial charge in [-0.1, -0.05) is 48.5 Å². The van der Waals surface area contributed by atoms with E-state index in [1.165, 1.54) is 0 Å². The number of ether oxygens (including phenoxy) is 2. The average Bonchev–Trinajstić information content (AvgIpc) is 2.71. The van der Waals surface area contributed by atoms with Gasteiger partial charge in [-0.15, -0.1) is 0 Å². The van der Waals surface area contributed by atoms with Crippen molar-refractivity contribution in [3.05, 3.63) is 83.9 Å².